The lowest BCUT2D eigenvalue weighted by Gasteiger charge is -1.93. The van der Waals surface area contributed by atoms with E-state index in [1.165, 1.54) is 17.1 Å². The molecule has 0 aromatic carbocycles. The average molecular weight is 239 g/mol. The highest BCUT2D eigenvalue weighted by molar-refractivity contribution is 6.30. The van der Waals surface area contributed by atoms with E-state index in [2.05, 4.69) is 15.3 Å². The average Bonchev–Trinajstić information content (AvgIpc) is 2.82. The molecule has 0 radical (unpaired) electrons. The number of rotatable bonds is 2. The number of hydrogen-bond acceptors (Lipinski definition) is 5. The van der Waals surface area contributed by atoms with Gasteiger partial charge in [-0.05, 0) is 4.92 Å². The van der Waals surface area contributed by atoms with E-state index in [9.17, 15) is 10.1 Å². The molecule has 0 spiro atoms. The number of hydrogen-bond donors (Lipinski definition) is 1. The molecule has 2 aromatic heterocycles. The molecule has 9 heteroatoms. The van der Waals surface area contributed by atoms with Crippen LogP contribution in [0.3, 0.4) is 0 Å². The second-order valence-electron chi connectivity index (χ2n) is 2.74. The first-order valence-corrected chi connectivity index (χ1v) is 4.34. The number of nitriles is 1. The second-order valence-corrected chi connectivity index (χ2v) is 3.18. The smallest absolute Gasteiger partial charge is 0.358 e. The Morgan fingerprint density at radius 2 is 2.44 bits per heavy atom. The third-order valence-electron chi connectivity index (χ3n) is 1.79. The summed E-state index contributed by atoms with van der Waals surface area (Å²) in [6.45, 7) is 0. The molecule has 2 aromatic rings. The van der Waals surface area contributed by atoms with E-state index in [1.807, 2.05) is 0 Å². The van der Waals surface area contributed by atoms with Crippen LogP contribution in [0.5, 0.6) is 0 Å². The summed E-state index contributed by atoms with van der Waals surface area (Å²) in [6, 6.07) is 1.69. The number of aromatic nitrogens is 4. The fourth-order valence-electron chi connectivity index (χ4n) is 1.14. The number of nitrogens with one attached hydrogen (secondary N) is 1. The Bertz CT molecular complexity index is 594. The summed E-state index contributed by atoms with van der Waals surface area (Å²) in [4.78, 5) is 9.84. The third-order valence-corrected chi connectivity index (χ3v) is 1.99. The van der Waals surface area contributed by atoms with Gasteiger partial charge in [0.15, 0.2) is 5.56 Å². The maximum absolute atomic E-state index is 10.6. The van der Waals surface area contributed by atoms with E-state index in [-0.39, 0.29) is 11.4 Å². The van der Waals surface area contributed by atoms with Gasteiger partial charge in [0.2, 0.25) is 5.82 Å². The highest BCUT2D eigenvalue weighted by atomic mass is 35.5. The van der Waals surface area contributed by atoms with Gasteiger partial charge in [-0.3, -0.25) is 0 Å². The van der Waals surface area contributed by atoms with E-state index < -0.39 is 10.7 Å². The highest BCUT2D eigenvalue weighted by Gasteiger charge is 2.23. The quantitative estimate of drug-likeness (QED) is 0.620. The predicted octanol–water partition coefficient (Wildman–Crippen LogP) is 1.03. The van der Waals surface area contributed by atoms with Gasteiger partial charge in [0.25, 0.3) is 0 Å². The van der Waals surface area contributed by atoms with Crippen LogP contribution in [-0.2, 0) is 0 Å². The van der Waals surface area contributed by atoms with Crippen LogP contribution in [0.15, 0.2) is 12.4 Å². The predicted molar refractivity (Wildman–Crippen MR) is 52.1 cm³/mol. The monoisotopic (exact) mass is 238 g/mol. The van der Waals surface area contributed by atoms with E-state index in [0.29, 0.717) is 5.02 Å². The number of nitrogens with zero attached hydrogens (tertiary/aromatic N) is 5. The largest absolute Gasteiger partial charge is 0.363 e. The van der Waals surface area contributed by atoms with Crippen LogP contribution in [0.25, 0.3) is 5.82 Å². The van der Waals surface area contributed by atoms with Crippen molar-refractivity contribution in [2.24, 2.45) is 0 Å². The molecule has 0 unspecified atom stereocenters. The Morgan fingerprint density at radius 1 is 1.69 bits per heavy atom. The number of halogens is 1. The molecule has 80 valence electrons. The van der Waals surface area contributed by atoms with E-state index in [1.54, 1.807) is 6.07 Å². The first-order valence-electron chi connectivity index (χ1n) is 3.97. The van der Waals surface area contributed by atoms with Crippen molar-refractivity contribution < 1.29 is 4.92 Å². The van der Waals surface area contributed by atoms with Gasteiger partial charge < -0.3 is 10.1 Å². The van der Waals surface area contributed by atoms with Crippen molar-refractivity contribution in [2.75, 3.05) is 0 Å². The zero-order valence-corrected chi connectivity index (χ0v) is 8.34. The molecule has 0 aliphatic rings. The van der Waals surface area contributed by atoms with Crippen LogP contribution in [-0.4, -0.2) is 24.9 Å². The van der Waals surface area contributed by atoms with Gasteiger partial charge in [-0.1, -0.05) is 16.7 Å². The lowest BCUT2D eigenvalue weighted by atomic mass is 10.3. The molecule has 0 bridgehead atoms. The molecule has 0 fully saturated rings. The Hall–Kier alpha value is -2.40. The standard InChI is InChI=1S/C7H3ClN6O2/c8-4-2-10-13(3-4)6-5(1-9)7(12-11-6)14(15)16/h2-3H,(H,11,12). The Labute approximate surface area is 93.2 Å². The van der Waals surface area contributed by atoms with E-state index in [0.717, 1.165) is 0 Å². The van der Waals surface area contributed by atoms with Crippen LogP contribution >= 0.6 is 11.6 Å². The maximum atomic E-state index is 10.6. The number of aromatic amines is 1. The molecule has 8 nitrogen and oxygen atoms in total. The summed E-state index contributed by atoms with van der Waals surface area (Å²) in [5, 5.41) is 29.3. The van der Waals surface area contributed by atoms with Gasteiger partial charge in [0.1, 0.15) is 6.07 Å². The van der Waals surface area contributed by atoms with Gasteiger partial charge in [-0.25, -0.2) is 4.68 Å². The van der Waals surface area contributed by atoms with Crippen LogP contribution < -0.4 is 0 Å². The first kappa shape index (κ1) is 10.1. The maximum Gasteiger partial charge on any atom is 0.363 e. The van der Waals surface area contributed by atoms with Crippen LogP contribution in [0, 0.1) is 21.4 Å². The zero-order chi connectivity index (χ0) is 11.7. The Kier molecular flexibility index (Phi) is 2.30. The van der Waals surface area contributed by atoms with Crippen LogP contribution in [0.1, 0.15) is 5.56 Å². The SMILES string of the molecule is N#Cc1c(-n2cc(Cl)cn2)n[nH]c1[N+](=O)[O-]. The Balaban J connectivity index is 2.59. The van der Waals surface area contributed by atoms with Crippen molar-refractivity contribution in [3.05, 3.63) is 33.1 Å². The molecule has 16 heavy (non-hydrogen) atoms. The molecule has 0 saturated heterocycles. The van der Waals surface area contributed by atoms with Crippen LogP contribution in [0.4, 0.5) is 5.82 Å². The summed E-state index contributed by atoms with van der Waals surface area (Å²) in [5.74, 6) is -0.426. The lowest BCUT2D eigenvalue weighted by Crippen LogP contribution is -1.97. The molecule has 0 amide bonds. The number of H-pyrrole nitrogens is 1. The molecular formula is C7H3ClN6O2. The summed E-state index contributed by atoms with van der Waals surface area (Å²) >= 11 is 5.64. The van der Waals surface area contributed by atoms with Crippen molar-refractivity contribution in [2.45, 2.75) is 0 Å². The zero-order valence-electron chi connectivity index (χ0n) is 7.59. The number of nitro groups is 1. The molecule has 2 rings (SSSR count). The fraction of sp³-hybridized carbons (Fsp3) is 0. The topological polar surface area (TPSA) is 113 Å². The molecule has 0 aliphatic carbocycles. The molecule has 0 saturated carbocycles. The van der Waals surface area contributed by atoms with E-state index in [4.69, 9.17) is 16.9 Å². The molecule has 1 N–H and O–H groups in total. The summed E-state index contributed by atoms with van der Waals surface area (Å²) in [6.07, 6.45) is 2.73. The molecule has 0 atom stereocenters. The summed E-state index contributed by atoms with van der Waals surface area (Å²) < 4.78 is 1.18. The van der Waals surface area contributed by atoms with Gasteiger partial charge in [-0.15, -0.1) is 5.10 Å². The molecule has 2 heterocycles. The van der Waals surface area contributed by atoms with Crippen LogP contribution in [0.2, 0.25) is 5.02 Å². The third kappa shape index (κ3) is 1.49. The van der Waals surface area contributed by atoms with Gasteiger partial charge >= 0.3 is 5.82 Å². The minimum absolute atomic E-state index is 0.0427. The van der Waals surface area contributed by atoms with Crippen molar-refractivity contribution >= 4 is 17.4 Å². The summed E-state index contributed by atoms with van der Waals surface area (Å²) in [7, 11) is 0. The Morgan fingerprint density at radius 3 is 2.94 bits per heavy atom. The minimum Gasteiger partial charge on any atom is -0.358 e. The first-order chi connectivity index (χ1) is 7.63. The van der Waals surface area contributed by atoms with Crippen molar-refractivity contribution in [1.82, 2.24) is 20.0 Å². The van der Waals surface area contributed by atoms with Crippen molar-refractivity contribution in [3.63, 3.8) is 0 Å². The van der Waals surface area contributed by atoms with Crippen molar-refractivity contribution in [1.29, 1.82) is 5.26 Å². The molecular weight excluding hydrogens is 236 g/mol. The minimum atomic E-state index is -0.722. The van der Waals surface area contributed by atoms with Gasteiger partial charge in [-0.2, -0.15) is 10.4 Å². The van der Waals surface area contributed by atoms with Crippen molar-refractivity contribution in [3.8, 4) is 11.9 Å². The fourth-order valence-corrected chi connectivity index (χ4v) is 1.28. The van der Waals surface area contributed by atoms with E-state index >= 15 is 0 Å². The summed E-state index contributed by atoms with van der Waals surface area (Å²) in [5.41, 5.74) is -0.190. The molecule has 0 aliphatic heterocycles. The lowest BCUT2D eigenvalue weighted by molar-refractivity contribution is -0.389. The highest BCUT2D eigenvalue weighted by Crippen LogP contribution is 2.21. The van der Waals surface area contributed by atoms with Gasteiger partial charge in [0.05, 0.1) is 17.4 Å². The second kappa shape index (κ2) is 3.63. The normalized spacial score (nSPS) is 10.0. The van der Waals surface area contributed by atoms with Gasteiger partial charge in [0, 0.05) is 0 Å².